The molecule has 120 valence electrons. The highest BCUT2D eigenvalue weighted by molar-refractivity contribution is 7.92. The lowest BCUT2D eigenvalue weighted by Gasteiger charge is -2.17. The Morgan fingerprint density at radius 2 is 1.96 bits per heavy atom. The first-order valence-electron chi connectivity index (χ1n) is 6.98. The minimum Gasteiger partial charge on any atom is -0.326 e. The number of sulfonamides is 1. The molecule has 0 unspecified atom stereocenters. The van der Waals surface area contributed by atoms with E-state index < -0.39 is 15.6 Å². The van der Waals surface area contributed by atoms with Crippen molar-refractivity contribution in [1.82, 2.24) is 4.57 Å². The second kappa shape index (κ2) is 5.54. The Morgan fingerprint density at radius 1 is 1.17 bits per heavy atom. The molecule has 8 heteroatoms. The molecule has 23 heavy (non-hydrogen) atoms. The molecular formula is C15H15N3O4S. The molecule has 0 fully saturated rings. The fourth-order valence-electron chi connectivity index (χ4n) is 2.41. The number of pyridine rings is 1. The molecule has 3 rings (SSSR count). The average Bonchev–Trinajstić information content (AvgIpc) is 2.51. The number of nitrogens with one attached hydrogen (secondary N) is 2. The van der Waals surface area contributed by atoms with E-state index in [2.05, 4.69) is 10.0 Å². The molecule has 2 N–H and O–H groups in total. The number of benzene rings is 1. The van der Waals surface area contributed by atoms with Gasteiger partial charge in [-0.1, -0.05) is 0 Å². The van der Waals surface area contributed by atoms with Gasteiger partial charge in [0.2, 0.25) is 5.91 Å². The Labute approximate surface area is 133 Å². The van der Waals surface area contributed by atoms with Crippen LogP contribution in [0, 0.1) is 0 Å². The van der Waals surface area contributed by atoms with Crippen molar-refractivity contribution < 1.29 is 13.2 Å². The van der Waals surface area contributed by atoms with Gasteiger partial charge in [0.05, 0.1) is 4.90 Å². The molecule has 7 nitrogen and oxygen atoms in total. The van der Waals surface area contributed by atoms with Gasteiger partial charge in [-0.05, 0) is 42.3 Å². The fourth-order valence-corrected chi connectivity index (χ4v) is 3.51. The van der Waals surface area contributed by atoms with Gasteiger partial charge in [0.25, 0.3) is 15.6 Å². The summed E-state index contributed by atoms with van der Waals surface area (Å²) in [6.45, 7) is 0. The number of carbonyl (C=O) groups excluding carboxylic acids is 1. The van der Waals surface area contributed by atoms with Crippen LogP contribution < -0.4 is 15.6 Å². The third-order valence-electron chi connectivity index (χ3n) is 3.65. The maximum atomic E-state index is 12.5. The van der Waals surface area contributed by atoms with Crippen LogP contribution in [0.5, 0.6) is 0 Å². The van der Waals surface area contributed by atoms with Crippen LogP contribution in [0.15, 0.2) is 46.2 Å². The molecule has 0 radical (unpaired) electrons. The lowest BCUT2D eigenvalue weighted by Crippen LogP contribution is -2.24. The fraction of sp³-hybridized carbons (Fsp3) is 0.200. The monoisotopic (exact) mass is 333 g/mol. The van der Waals surface area contributed by atoms with Crippen LogP contribution in [-0.2, 0) is 28.3 Å². The van der Waals surface area contributed by atoms with Crippen molar-refractivity contribution in [2.75, 3.05) is 10.0 Å². The normalized spacial score (nSPS) is 14.0. The Hall–Kier alpha value is -2.61. The van der Waals surface area contributed by atoms with Gasteiger partial charge in [0.15, 0.2) is 0 Å². The van der Waals surface area contributed by atoms with Crippen LogP contribution in [0.2, 0.25) is 0 Å². The number of aryl methyl sites for hydroxylation is 2. The maximum absolute atomic E-state index is 12.5. The highest BCUT2D eigenvalue weighted by Crippen LogP contribution is 2.26. The van der Waals surface area contributed by atoms with E-state index in [0.717, 1.165) is 5.56 Å². The molecule has 1 amide bonds. The van der Waals surface area contributed by atoms with E-state index in [9.17, 15) is 18.0 Å². The van der Waals surface area contributed by atoms with E-state index in [4.69, 9.17) is 0 Å². The second-order valence-corrected chi connectivity index (χ2v) is 6.99. The number of nitrogens with zero attached hydrogens (tertiary/aromatic N) is 1. The topological polar surface area (TPSA) is 97.3 Å². The van der Waals surface area contributed by atoms with Crippen LogP contribution in [0.25, 0.3) is 0 Å². The predicted octanol–water partition coefficient (Wildman–Crippen LogP) is 1.07. The van der Waals surface area contributed by atoms with E-state index >= 15 is 0 Å². The summed E-state index contributed by atoms with van der Waals surface area (Å²) in [6, 6.07) is 7.48. The van der Waals surface area contributed by atoms with Gasteiger partial charge >= 0.3 is 0 Å². The van der Waals surface area contributed by atoms with Crippen molar-refractivity contribution in [3.63, 3.8) is 0 Å². The zero-order valence-corrected chi connectivity index (χ0v) is 13.2. The molecular weight excluding hydrogens is 318 g/mol. The van der Waals surface area contributed by atoms with Gasteiger partial charge in [-0.2, -0.15) is 0 Å². The lowest BCUT2D eigenvalue weighted by atomic mass is 10.0. The van der Waals surface area contributed by atoms with Gasteiger partial charge < -0.3 is 9.88 Å². The van der Waals surface area contributed by atoms with E-state index in [1.807, 2.05) is 0 Å². The third kappa shape index (κ3) is 2.98. The zero-order chi connectivity index (χ0) is 16.6. The van der Waals surface area contributed by atoms with E-state index in [-0.39, 0.29) is 16.5 Å². The zero-order valence-electron chi connectivity index (χ0n) is 12.4. The van der Waals surface area contributed by atoms with Gasteiger partial charge in [0.1, 0.15) is 5.69 Å². The number of carbonyl (C=O) groups is 1. The Morgan fingerprint density at radius 3 is 2.74 bits per heavy atom. The maximum Gasteiger partial charge on any atom is 0.274 e. The molecule has 1 aromatic carbocycles. The summed E-state index contributed by atoms with van der Waals surface area (Å²) >= 11 is 0. The van der Waals surface area contributed by atoms with Crippen molar-refractivity contribution in [1.29, 1.82) is 0 Å². The summed E-state index contributed by atoms with van der Waals surface area (Å²) in [4.78, 5) is 23.3. The summed E-state index contributed by atoms with van der Waals surface area (Å²) in [6.07, 6.45) is 2.35. The van der Waals surface area contributed by atoms with Crippen molar-refractivity contribution in [2.45, 2.75) is 17.7 Å². The van der Waals surface area contributed by atoms with Crippen LogP contribution in [-0.4, -0.2) is 18.9 Å². The summed E-state index contributed by atoms with van der Waals surface area (Å²) in [7, 11) is -2.33. The van der Waals surface area contributed by atoms with Crippen LogP contribution in [0.4, 0.5) is 11.4 Å². The van der Waals surface area contributed by atoms with Crippen molar-refractivity contribution in [3.8, 4) is 0 Å². The number of amides is 1. The first-order valence-corrected chi connectivity index (χ1v) is 8.46. The number of hydrogen-bond donors (Lipinski definition) is 2. The smallest absolute Gasteiger partial charge is 0.274 e. The summed E-state index contributed by atoms with van der Waals surface area (Å²) < 4.78 is 28.5. The van der Waals surface area contributed by atoms with Gasteiger partial charge in [-0.15, -0.1) is 0 Å². The van der Waals surface area contributed by atoms with Gasteiger partial charge in [-0.3, -0.25) is 14.3 Å². The molecule has 1 aromatic heterocycles. The SMILES string of the molecule is Cn1cccc(NS(=O)(=O)c2ccc3c(c2)CCC(=O)N3)c1=O. The molecule has 1 aliphatic rings. The molecule has 1 aliphatic heterocycles. The van der Waals surface area contributed by atoms with E-state index in [1.165, 1.54) is 22.8 Å². The third-order valence-corrected chi connectivity index (χ3v) is 5.01. The summed E-state index contributed by atoms with van der Waals surface area (Å²) in [5.41, 5.74) is 0.937. The number of aromatic nitrogens is 1. The minimum absolute atomic E-state index is 0.0129. The number of hydrogen-bond acceptors (Lipinski definition) is 4. The molecule has 2 aromatic rings. The highest BCUT2D eigenvalue weighted by Gasteiger charge is 2.20. The van der Waals surface area contributed by atoms with Crippen molar-refractivity contribution in [3.05, 3.63) is 52.4 Å². The van der Waals surface area contributed by atoms with Crippen LogP contribution >= 0.6 is 0 Å². The highest BCUT2D eigenvalue weighted by atomic mass is 32.2. The Balaban J connectivity index is 1.96. The first-order chi connectivity index (χ1) is 10.9. The lowest BCUT2D eigenvalue weighted by molar-refractivity contribution is -0.116. The van der Waals surface area contributed by atoms with Gasteiger partial charge in [0, 0.05) is 25.4 Å². The average molecular weight is 333 g/mol. The van der Waals surface area contributed by atoms with Crippen molar-refractivity contribution in [2.24, 2.45) is 7.05 Å². The number of anilines is 2. The Bertz CT molecular complexity index is 947. The van der Waals surface area contributed by atoms with Gasteiger partial charge in [-0.25, -0.2) is 8.42 Å². The molecule has 0 saturated carbocycles. The Kier molecular flexibility index (Phi) is 3.69. The quantitative estimate of drug-likeness (QED) is 0.878. The van der Waals surface area contributed by atoms with E-state index in [1.54, 1.807) is 25.4 Å². The van der Waals surface area contributed by atoms with Crippen molar-refractivity contribution >= 4 is 27.3 Å². The van der Waals surface area contributed by atoms with Crippen LogP contribution in [0.1, 0.15) is 12.0 Å². The molecule has 0 bridgehead atoms. The number of fused-ring (bicyclic) bond motifs is 1. The summed E-state index contributed by atoms with van der Waals surface area (Å²) in [5.74, 6) is -0.0842. The van der Waals surface area contributed by atoms with E-state index in [0.29, 0.717) is 18.5 Å². The largest absolute Gasteiger partial charge is 0.326 e. The molecule has 0 atom stereocenters. The molecule has 0 saturated heterocycles. The minimum atomic E-state index is -3.88. The first kappa shape index (κ1) is 15.3. The summed E-state index contributed by atoms with van der Waals surface area (Å²) in [5, 5.41) is 2.70. The molecule has 0 aliphatic carbocycles. The molecule has 2 heterocycles. The standard InChI is InChI=1S/C15H15N3O4S/c1-18-8-2-3-13(15(18)20)17-23(21,22)11-5-6-12-10(9-11)4-7-14(19)16-12/h2-3,5-6,8-9,17H,4,7H2,1H3,(H,16,19). The molecule has 0 spiro atoms. The predicted molar refractivity (Wildman–Crippen MR) is 85.9 cm³/mol. The second-order valence-electron chi connectivity index (χ2n) is 5.31. The number of rotatable bonds is 3. The van der Waals surface area contributed by atoms with Crippen LogP contribution in [0.3, 0.4) is 0 Å².